The van der Waals surface area contributed by atoms with Crippen LogP contribution < -0.4 is 70.4 Å². The third kappa shape index (κ3) is 28.0. The first-order chi connectivity index (χ1) is 49.2. The molecule has 2 fully saturated rings. The topological polar surface area (TPSA) is 487 Å². The van der Waals surface area contributed by atoms with Gasteiger partial charge in [-0.2, -0.15) is 0 Å². The molecule has 580 valence electrons. The van der Waals surface area contributed by atoms with E-state index in [0.29, 0.717) is 68.9 Å². The van der Waals surface area contributed by atoms with Crippen molar-refractivity contribution in [2.75, 3.05) is 32.7 Å². The Morgan fingerprint density at radius 1 is 0.490 bits per heavy atom. The summed E-state index contributed by atoms with van der Waals surface area (Å²) in [6.45, 7) is 17.6. The SMILES string of the molecule is CC[C@H](C)[C@H](N)C(=O)N[C@H](C(=O)N1CCC[C@H]1C(=O)N[C@@H](CC(C)C)C(=O)N1CCC[C@H]1C(=O)N[C@@H](CC(C)C)C(=O)NCC(=O)N[C@@H](Cc1ccc(O)cc1)C(=O)N[C@@H](Cc1ccccc1)C(=O)N[C@@H](C)C(=O)N[C@@H](CCCCN)C(=O)N[C@@H](CCCCN)C(=O)N[C@H](C(=O)O)[C@@H](C)O)[C@@H](C)CC. The number of unbranched alkanes of at least 4 members (excludes halogenated alkanes) is 2. The fourth-order valence-electron chi connectivity index (χ4n) is 12.4. The van der Waals surface area contributed by atoms with Crippen molar-refractivity contribution in [3.05, 3.63) is 65.7 Å². The number of likely N-dealkylation sites (tertiary alicyclic amines) is 2. The summed E-state index contributed by atoms with van der Waals surface area (Å²) in [4.78, 5) is 185. The van der Waals surface area contributed by atoms with Crippen LogP contribution in [-0.2, 0) is 75.2 Å². The Bertz CT molecular complexity index is 3180. The first kappa shape index (κ1) is 87.6. The third-order valence-electron chi connectivity index (χ3n) is 19.0. The Labute approximate surface area is 610 Å². The lowest BCUT2D eigenvalue weighted by Crippen LogP contribution is -2.60. The van der Waals surface area contributed by atoms with Crippen LogP contribution in [0.1, 0.15) is 170 Å². The smallest absolute Gasteiger partial charge is 0.328 e. The van der Waals surface area contributed by atoms with E-state index in [2.05, 4.69) is 53.2 Å². The summed E-state index contributed by atoms with van der Waals surface area (Å²) < 4.78 is 0. The summed E-state index contributed by atoms with van der Waals surface area (Å²) in [6, 6.07) is -0.363. The van der Waals surface area contributed by atoms with Crippen molar-refractivity contribution < 1.29 is 77.6 Å². The Balaban J connectivity index is 1.51. The van der Waals surface area contributed by atoms with Crippen LogP contribution in [0.4, 0.5) is 0 Å². The minimum absolute atomic E-state index is 0.0245. The number of aliphatic hydroxyl groups is 1. The molecule has 31 nitrogen and oxygen atoms in total. The molecule has 15 atom stereocenters. The molecule has 0 aromatic heterocycles. The van der Waals surface area contributed by atoms with Crippen LogP contribution in [0.25, 0.3) is 0 Å². The number of nitrogens with zero attached hydrogens (tertiary/aromatic N) is 2. The zero-order chi connectivity index (χ0) is 77.5. The quantitative estimate of drug-likeness (QED) is 0.0385. The number of rotatable bonds is 44. The lowest BCUT2D eigenvalue weighted by molar-refractivity contribution is -0.145. The molecule has 0 radical (unpaired) electrons. The molecule has 0 aliphatic carbocycles. The van der Waals surface area contributed by atoms with Gasteiger partial charge in [0.2, 0.25) is 70.9 Å². The molecule has 19 N–H and O–H groups in total. The van der Waals surface area contributed by atoms with Gasteiger partial charge in [-0.3, -0.25) is 57.5 Å². The molecule has 0 saturated carbocycles. The predicted octanol–water partition coefficient (Wildman–Crippen LogP) is -0.106. The maximum absolute atomic E-state index is 14.7. The highest BCUT2D eigenvalue weighted by atomic mass is 16.4. The van der Waals surface area contributed by atoms with E-state index in [1.54, 1.807) is 30.3 Å². The van der Waals surface area contributed by atoms with Gasteiger partial charge in [0.05, 0.1) is 18.7 Å². The summed E-state index contributed by atoms with van der Waals surface area (Å²) in [7, 11) is 0. The number of phenols is 1. The van der Waals surface area contributed by atoms with Crippen molar-refractivity contribution >= 4 is 76.9 Å². The monoisotopic (exact) mass is 1460 g/mol. The Morgan fingerprint density at radius 3 is 1.45 bits per heavy atom. The number of nitrogens with one attached hydrogen (secondary N) is 10. The van der Waals surface area contributed by atoms with E-state index < -0.39 is 162 Å². The number of aliphatic hydroxyl groups excluding tert-OH is 1. The number of phenolic OH excluding ortho intramolecular Hbond substituents is 1. The van der Waals surface area contributed by atoms with Crippen molar-refractivity contribution in [3.8, 4) is 5.75 Å². The number of carbonyl (C=O) groups is 13. The van der Waals surface area contributed by atoms with Gasteiger partial charge >= 0.3 is 5.97 Å². The lowest BCUT2D eigenvalue weighted by Gasteiger charge is -2.34. The third-order valence-corrected chi connectivity index (χ3v) is 19.0. The van der Waals surface area contributed by atoms with Crippen LogP contribution in [0, 0.1) is 23.7 Å². The van der Waals surface area contributed by atoms with Crippen LogP contribution in [0.15, 0.2) is 54.6 Å². The van der Waals surface area contributed by atoms with E-state index >= 15 is 0 Å². The Kier molecular flexibility index (Phi) is 37.1. The average Bonchev–Trinajstić information content (AvgIpc) is 1.60. The number of amides is 12. The second-order valence-corrected chi connectivity index (χ2v) is 28.5. The van der Waals surface area contributed by atoms with Gasteiger partial charge in [-0.1, -0.05) is 111 Å². The number of hydrogen-bond acceptors (Lipinski definition) is 18. The van der Waals surface area contributed by atoms with Crippen LogP contribution >= 0.6 is 0 Å². The molecule has 0 bridgehead atoms. The van der Waals surface area contributed by atoms with E-state index in [1.807, 2.05) is 55.4 Å². The molecule has 2 saturated heterocycles. The van der Waals surface area contributed by atoms with Crippen molar-refractivity contribution in [2.24, 2.45) is 40.9 Å². The maximum atomic E-state index is 14.7. The zero-order valence-electron chi connectivity index (χ0n) is 62.1. The van der Waals surface area contributed by atoms with Gasteiger partial charge < -0.3 is 95.5 Å². The summed E-state index contributed by atoms with van der Waals surface area (Å²) in [5.41, 5.74) is 18.7. The molecule has 2 aliphatic heterocycles. The number of nitrogens with two attached hydrogens (primary N) is 3. The number of carbonyl (C=O) groups excluding carboxylic acids is 12. The molecule has 104 heavy (non-hydrogen) atoms. The molecule has 12 amide bonds. The van der Waals surface area contributed by atoms with Gasteiger partial charge in [-0.25, -0.2) is 4.79 Å². The first-order valence-electron chi connectivity index (χ1n) is 36.7. The summed E-state index contributed by atoms with van der Waals surface area (Å²) >= 11 is 0. The minimum Gasteiger partial charge on any atom is -0.508 e. The van der Waals surface area contributed by atoms with Crippen LogP contribution in [-0.4, -0.2) is 213 Å². The molecular weight excluding hydrogens is 1340 g/mol. The van der Waals surface area contributed by atoms with E-state index in [4.69, 9.17) is 17.2 Å². The van der Waals surface area contributed by atoms with E-state index in [1.165, 1.54) is 47.9 Å². The lowest BCUT2D eigenvalue weighted by atomic mass is 9.95. The van der Waals surface area contributed by atoms with Crippen molar-refractivity contribution in [2.45, 2.75) is 251 Å². The number of carboxylic acids is 1. The summed E-state index contributed by atoms with van der Waals surface area (Å²) in [5.74, 6) is -10.9. The van der Waals surface area contributed by atoms with Gasteiger partial charge in [-0.05, 0) is 151 Å². The second-order valence-electron chi connectivity index (χ2n) is 28.5. The van der Waals surface area contributed by atoms with Crippen LogP contribution in [0.5, 0.6) is 5.75 Å². The molecule has 2 heterocycles. The summed E-state index contributed by atoms with van der Waals surface area (Å²) in [6.07, 6.45) is 2.75. The average molecular weight is 1460 g/mol. The van der Waals surface area contributed by atoms with Gasteiger partial charge in [0.25, 0.3) is 0 Å². The van der Waals surface area contributed by atoms with Gasteiger partial charge in [0.15, 0.2) is 6.04 Å². The number of aromatic hydroxyl groups is 1. The second kappa shape index (κ2) is 44.1. The fourth-order valence-corrected chi connectivity index (χ4v) is 12.4. The standard InChI is InChI=1S/C73H117N15O16/c1-11-43(7)59(76)70(100)85-60(44(8)12-2)72(102)88-35-21-27-57(88)69(99)84-55(37-42(5)6)71(101)87-34-20-26-56(87)68(98)83-52(36-41(3)4)63(93)77-40-58(91)79-53(39-48-28-30-49(90)31-29-48)67(97)82-54(38-47-22-14-13-15-23-47)66(96)78-45(9)62(92)80-50(24-16-18-32-74)64(94)81-51(25-17-19-33-75)65(95)86-61(46(10)89)73(103)104/h13-15,22-23,28-31,41-46,50-57,59-61,89-90H,11-12,16-21,24-27,32-40,74-76H2,1-10H3,(H,77,93)(H,78,96)(H,79,91)(H,80,92)(H,81,94)(H,82,97)(H,83,98)(H,84,99)(H,85,100)(H,86,95)(H,103,104)/t43-,44-,45-,46+,50-,51-,52-,53-,54-,55-,56-,57-,59-,60-,61-/m0/s1. The number of benzene rings is 2. The van der Waals surface area contributed by atoms with Crippen LogP contribution in [0.2, 0.25) is 0 Å². The first-order valence-corrected chi connectivity index (χ1v) is 36.7. The highest BCUT2D eigenvalue weighted by Crippen LogP contribution is 2.26. The molecule has 2 aromatic carbocycles. The molecule has 2 aromatic rings. The van der Waals surface area contributed by atoms with Crippen LogP contribution in [0.3, 0.4) is 0 Å². The molecule has 31 heteroatoms. The fraction of sp³-hybridized carbons (Fsp3) is 0.658. The predicted molar refractivity (Wildman–Crippen MR) is 388 cm³/mol. The normalized spacial score (nSPS) is 18.1. The molecule has 4 rings (SSSR count). The maximum Gasteiger partial charge on any atom is 0.328 e. The Morgan fingerprint density at radius 2 is 0.942 bits per heavy atom. The zero-order valence-corrected chi connectivity index (χ0v) is 62.1. The highest BCUT2D eigenvalue weighted by molar-refractivity contribution is 6.00. The largest absolute Gasteiger partial charge is 0.508 e. The molecule has 0 spiro atoms. The summed E-state index contributed by atoms with van der Waals surface area (Å²) in [5, 5.41) is 56.4. The minimum atomic E-state index is -1.70. The van der Waals surface area contributed by atoms with Gasteiger partial charge in [0.1, 0.15) is 66.2 Å². The number of hydrogen-bond donors (Lipinski definition) is 16. The number of carboxylic acid groups (broad SMARTS) is 1. The van der Waals surface area contributed by atoms with Crippen molar-refractivity contribution in [3.63, 3.8) is 0 Å². The number of aliphatic carboxylic acids is 1. The van der Waals surface area contributed by atoms with E-state index in [-0.39, 0.29) is 101 Å². The van der Waals surface area contributed by atoms with Crippen molar-refractivity contribution in [1.82, 2.24) is 63.0 Å². The van der Waals surface area contributed by atoms with E-state index in [0.717, 1.165) is 0 Å². The Hall–Kier alpha value is -8.81. The molecular formula is C73H117N15O16. The van der Waals surface area contributed by atoms with E-state index in [9.17, 15) is 77.6 Å². The molecule has 2 aliphatic rings. The van der Waals surface area contributed by atoms with Gasteiger partial charge in [-0.15, -0.1) is 0 Å². The highest BCUT2D eigenvalue weighted by Gasteiger charge is 2.44. The van der Waals surface area contributed by atoms with Crippen molar-refractivity contribution in [1.29, 1.82) is 0 Å². The van der Waals surface area contributed by atoms with Gasteiger partial charge in [0, 0.05) is 25.9 Å². The molecule has 0 unspecified atom stereocenters.